The maximum atomic E-state index is 13.7. The second-order valence-corrected chi connectivity index (χ2v) is 4.54. The van der Waals surface area contributed by atoms with Gasteiger partial charge in [0.2, 0.25) is 5.56 Å². The summed E-state index contributed by atoms with van der Waals surface area (Å²) in [5.74, 6) is -0.723. The molecule has 5 heteroatoms. The molecular formula is C15H15FN2O2. The van der Waals surface area contributed by atoms with Gasteiger partial charge in [0.1, 0.15) is 11.5 Å². The van der Waals surface area contributed by atoms with Crippen LogP contribution < -0.4 is 5.56 Å². The molecule has 1 heterocycles. The largest absolute Gasteiger partial charge is 0.334 e. The van der Waals surface area contributed by atoms with Crippen LogP contribution in [0.25, 0.3) is 0 Å². The Balaban J connectivity index is 2.27. The van der Waals surface area contributed by atoms with E-state index in [9.17, 15) is 14.0 Å². The highest BCUT2D eigenvalue weighted by molar-refractivity contribution is 5.92. The van der Waals surface area contributed by atoms with Crippen LogP contribution in [-0.2, 0) is 0 Å². The molecule has 0 aliphatic rings. The molecule has 20 heavy (non-hydrogen) atoms. The van der Waals surface area contributed by atoms with Crippen LogP contribution in [0.3, 0.4) is 0 Å². The first kappa shape index (κ1) is 14.0. The number of carbonyl (C=O) groups excluding carboxylic acids is 1. The summed E-state index contributed by atoms with van der Waals surface area (Å²) in [4.78, 5) is 27.3. The third-order valence-electron chi connectivity index (χ3n) is 3.26. The smallest absolute Gasteiger partial charge is 0.270 e. The highest BCUT2D eigenvalue weighted by Crippen LogP contribution is 2.22. The fraction of sp³-hybridized carbons (Fsp3) is 0.200. The zero-order valence-electron chi connectivity index (χ0n) is 11.3. The van der Waals surface area contributed by atoms with Crippen LogP contribution in [-0.4, -0.2) is 22.8 Å². The van der Waals surface area contributed by atoms with Crippen molar-refractivity contribution in [3.8, 4) is 0 Å². The predicted molar refractivity (Wildman–Crippen MR) is 74.0 cm³/mol. The van der Waals surface area contributed by atoms with Gasteiger partial charge in [-0.15, -0.1) is 0 Å². The molecule has 2 rings (SSSR count). The number of hydrogen-bond acceptors (Lipinski definition) is 2. The lowest BCUT2D eigenvalue weighted by atomic mass is 10.1. The number of H-pyrrole nitrogens is 1. The van der Waals surface area contributed by atoms with Crippen LogP contribution in [0.15, 0.2) is 47.3 Å². The van der Waals surface area contributed by atoms with Gasteiger partial charge >= 0.3 is 0 Å². The maximum Gasteiger partial charge on any atom is 0.270 e. The van der Waals surface area contributed by atoms with Crippen LogP contribution >= 0.6 is 0 Å². The highest BCUT2D eigenvalue weighted by Gasteiger charge is 2.21. The molecular weight excluding hydrogens is 259 g/mol. The normalized spacial score (nSPS) is 11.9. The second-order valence-electron chi connectivity index (χ2n) is 4.54. The maximum absolute atomic E-state index is 13.7. The molecule has 1 N–H and O–H groups in total. The topological polar surface area (TPSA) is 53.2 Å². The molecule has 0 saturated carbocycles. The first-order chi connectivity index (χ1) is 9.50. The molecule has 0 saturated heterocycles. The highest BCUT2D eigenvalue weighted by atomic mass is 19.1. The second kappa shape index (κ2) is 5.69. The Hall–Kier alpha value is -2.43. The fourth-order valence-corrected chi connectivity index (χ4v) is 1.96. The Kier molecular flexibility index (Phi) is 3.98. The van der Waals surface area contributed by atoms with Gasteiger partial charge in [-0.1, -0.05) is 24.3 Å². The SMILES string of the molecule is CC(c1ccccc1F)N(C)C(=O)c1cccc(=O)[nH]1. The van der Waals surface area contributed by atoms with Crippen molar-refractivity contribution >= 4 is 5.91 Å². The van der Waals surface area contributed by atoms with Crippen molar-refractivity contribution in [2.24, 2.45) is 0 Å². The molecule has 0 spiro atoms. The number of aromatic amines is 1. The minimum atomic E-state index is -0.438. The lowest BCUT2D eigenvalue weighted by molar-refractivity contribution is 0.0734. The summed E-state index contributed by atoms with van der Waals surface area (Å²) in [6.07, 6.45) is 0. The number of nitrogens with zero attached hydrogens (tertiary/aromatic N) is 1. The minimum absolute atomic E-state index is 0.184. The van der Waals surface area contributed by atoms with E-state index in [-0.39, 0.29) is 23.0 Å². The van der Waals surface area contributed by atoms with E-state index in [0.717, 1.165) is 0 Å². The molecule has 0 fully saturated rings. The van der Waals surface area contributed by atoms with Gasteiger partial charge in [-0.25, -0.2) is 4.39 Å². The minimum Gasteiger partial charge on any atom is -0.334 e. The predicted octanol–water partition coefficient (Wildman–Crippen LogP) is 2.35. The van der Waals surface area contributed by atoms with Gasteiger partial charge in [0.25, 0.3) is 5.91 Å². The van der Waals surface area contributed by atoms with Crippen molar-refractivity contribution in [3.63, 3.8) is 0 Å². The summed E-state index contributed by atoms with van der Waals surface area (Å²) in [7, 11) is 1.57. The molecule has 1 atom stereocenters. The number of carbonyl (C=O) groups is 1. The van der Waals surface area contributed by atoms with Crippen molar-refractivity contribution < 1.29 is 9.18 Å². The third-order valence-corrected chi connectivity index (χ3v) is 3.26. The van der Waals surface area contributed by atoms with Crippen LogP contribution in [0.5, 0.6) is 0 Å². The summed E-state index contributed by atoms with van der Waals surface area (Å²) >= 11 is 0. The van der Waals surface area contributed by atoms with Crippen molar-refractivity contribution in [3.05, 3.63) is 69.9 Å². The molecule has 0 radical (unpaired) electrons. The number of amides is 1. The number of hydrogen-bond donors (Lipinski definition) is 1. The van der Waals surface area contributed by atoms with Crippen molar-refractivity contribution in [1.29, 1.82) is 0 Å². The zero-order chi connectivity index (χ0) is 14.7. The van der Waals surface area contributed by atoms with E-state index in [1.165, 1.54) is 29.2 Å². The molecule has 1 aromatic heterocycles. The van der Waals surface area contributed by atoms with E-state index in [1.54, 1.807) is 32.2 Å². The number of aromatic nitrogens is 1. The Morgan fingerprint density at radius 3 is 2.55 bits per heavy atom. The molecule has 0 bridgehead atoms. The Morgan fingerprint density at radius 2 is 1.90 bits per heavy atom. The molecule has 2 aromatic rings. The molecule has 0 aliphatic heterocycles. The molecule has 1 aromatic carbocycles. The number of nitrogens with one attached hydrogen (secondary N) is 1. The van der Waals surface area contributed by atoms with Gasteiger partial charge < -0.3 is 9.88 Å². The summed E-state index contributed by atoms with van der Waals surface area (Å²) in [5, 5.41) is 0. The Morgan fingerprint density at radius 1 is 1.20 bits per heavy atom. The van der Waals surface area contributed by atoms with E-state index in [2.05, 4.69) is 4.98 Å². The Bertz CT molecular complexity index is 681. The van der Waals surface area contributed by atoms with E-state index in [0.29, 0.717) is 5.56 Å². The molecule has 104 valence electrons. The van der Waals surface area contributed by atoms with Crippen LogP contribution in [0.1, 0.15) is 29.0 Å². The lowest BCUT2D eigenvalue weighted by Gasteiger charge is -2.25. The molecule has 4 nitrogen and oxygen atoms in total. The zero-order valence-corrected chi connectivity index (χ0v) is 11.3. The van der Waals surface area contributed by atoms with Crippen molar-refractivity contribution in [1.82, 2.24) is 9.88 Å². The van der Waals surface area contributed by atoms with E-state index >= 15 is 0 Å². The monoisotopic (exact) mass is 274 g/mol. The summed E-state index contributed by atoms with van der Waals surface area (Å²) in [5.41, 5.74) is 0.271. The molecule has 0 aliphatic carbocycles. The standard InChI is InChI=1S/C15H15FN2O2/c1-10(11-6-3-4-7-12(11)16)18(2)15(20)13-8-5-9-14(19)17-13/h3-10H,1-2H3,(H,17,19). The van der Waals surface area contributed by atoms with Gasteiger partial charge in [-0.05, 0) is 19.1 Å². The summed E-state index contributed by atoms with van der Waals surface area (Å²) < 4.78 is 13.7. The van der Waals surface area contributed by atoms with E-state index in [1.807, 2.05) is 0 Å². The number of benzene rings is 1. The Labute approximate surface area is 115 Å². The number of halogens is 1. The first-order valence-electron chi connectivity index (χ1n) is 6.21. The average molecular weight is 274 g/mol. The van der Waals surface area contributed by atoms with E-state index in [4.69, 9.17) is 0 Å². The van der Waals surface area contributed by atoms with Gasteiger partial charge in [0.05, 0.1) is 6.04 Å². The van der Waals surface area contributed by atoms with Gasteiger partial charge in [-0.2, -0.15) is 0 Å². The average Bonchev–Trinajstić information content (AvgIpc) is 2.45. The van der Waals surface area contributed by atoms with Crippen molar-refractivity contribution in [2.45, 2.75) is 13.0 Å². The van der Waals surface area contributed by atoms with Crippen molar-refractivity contribution in [2.75, 3.05) is 7.05 Å². The summed E-state index contributed by atoms with van der Waals surface area (Å²) in [6, 6.07) is 10.2. The lowest BCUT2D eigenvalue weighted by Crippen LogP contribution is -2.31. The van der Waals surface area contributed by atoms with Gasteiger partial charge in [-0.3, -0.25) is 9.59 Å². The summed E-state index contributed by atoms with van der Waals surface area (Å²) in [6.45, 7) is 1.73. The third kappa shape index (κ3) is 2.77. The van der Waals surface area contributed by atoms with Crippen LogP contribution in [0, 0.1) is 5.82 Å². The number of pyridine rings is 1. The fourth-order valence-electron chi connectivity index (χ4n) is 1.96. The first-order valence-corrected chi connectivity index (χ1v) is 6.21. The van der Waals surface area contributed by atoms with E-state index < -0.39 is 6.04 Å². The van der Waals surface area contributed by atoms with Crippen LogP contribution in [0.4, 0.5) is 4.39 Å². The quantitative estimate of drug-likeness (QED) is 0.934. The number of rotatable bonds is 3. The van der Waals surface area contributed by atoms with Crippen LogP contribution in [0.2, 0.25) is 0 Å². The van der Waals surface area contributed by atoms with Gasteiger partial charge in [0, 0.05) is 18.7 Å². The molecule has 1 unspecified atom stereocenters. The van der Waals surface area contributed by atoms with Gasteiger partial charge in [0.15, 0.2) is 0 Å². The molecule has 1 amide bonds.